The van der Waals surface area contributed by atoms with Crippen molar-refractivity contribution < 1.29 is 19.0 Å². The Morgan fingerprint density at radius 2 is 2.03 bits per heavy atom. The first-order chi connectivity index (χ1) is 13.9. The Hall–Kier alpha value is -2.32. The van der Waals surface area contributed by atoms with Crippen molar-refractivity contribution >= 4 is 44.9 Å². The van der Waals surface area contributed by atoms with Gasteiger partial charge in [0.2, 0.25) is 5.72 Å². The van der Waals surface area contributed by atoms with Gasteiger partial charge in [-0.25, -0.2) is 0 Å². The number of methoxy groups -OCH3 is 1. The van der Waals surface area contributed by atoms with Crippen molar-refractivity contribution in [2.24, 2.45) is 5.92 Å². The van der Waals surface area contributed by atoms with E-state index in [4.69, 9.17) is 26.4 Å². The minimum atomic E-state index is -1.10. The van der Waals surface area contributed by atoms with Crippen LogP contribution in [-0.2, 0) is 9.53 Å². The average molecular weight is 477 g/mol. The second-order valence-corrected chi connectivity index (χ2v) is 8.31. The van der Waals surface area contributed by atoms with E-state index in [2.05, 4.69) is 21.2 Å². The van der Waals surface area contributed by atoms with Gasteiger partial charge in [-0.2, -0.15) is 0 Å². The van der Waals surface area contributed by atoms with Crippen LogP contribution in [0.25, 0.3) is 0 Å². The Labute approximate surface area is 183 Å². The third-order valence-electron chi connectivity index (χ3n) is 5.33. The fourth-order valence-electron chi connectivity index (χ4n) is 4.10. The molecule has 1 fully saturated rings. The maximum Gasteiger partial charge on any atom is 0.317 e. The number of nitrogens with zero attached hydrogens (tertiary/aromatic N) is 1. The molecule has 0 amide bonds. The standard InChI is InChI=1S/C21H21BrN2O4S/c1-4-27-19(25)16-17-14-6-5-7-15(26-3)18(14)28-21(16,2)24(20(29)23-17)13-10-8-12(22)9-11-13/h5-11,16-17H,4H2,1-3H3,(H,23,29)/t16-,17+,21+/m1/s1. The Morgan fingerprint density at radius 1 is 1.31 bits per heavy atom. The quantitative estimate of drug-likeness (QED) is 0.524. The molecule has 1 saturated heterocycles. The number of halogens is 1. The minimum absolute atomic E-state index is 0.284. The van der Waals surface area contributed by atoms with Crippen LogP contribution in [0, 0.1) is 5.92 Å². The van der Waals surface area contributed by atoms with Gasteiger partial charge < -0.3 is 19.5 Å². The van der Waals surface area contributed by atoms with Crippen LogP contribution < -0.4 is 19.7 Å². The zero-order valence-electron chi connectivity index (χ0n) is 16.3. The van der Waals surface area contributed by atoms with Crippen LogP contribution in [-0.4, -0.2) is 30.5 Å². The van der Waals surface area contributed by atoms with E-state index in [0.717, 1.165) is 15.7 Å². The summed E-state index contributed by atoms with van der Waals surface area (Å²) in [7, 11) is 1.60. The van der Waals surface area contributed by atoms with E-state index >= 15 is 0 Å². The molecule has 6 nitrogen and oxygen atoms in total. The van der Waals surface area contributed by atoms with E-state index < -0.39 is 17.7 Å². The maximum absolute atomic E-state index is 13.1. The Kier molecular flexibility index (Phi) is 5.16. The summed E-state index contributed by atoms with van der Waals surface area (Å²) in [5, 5.41) is 3.82. The summed E-state index contributed by atoms with van der Waals surface area (Å²) in [6.07, 6.45) is 0. The molecule has 0 radical (unpaired) electrons. The molecule has 2 heterocycles. The van der Waals surface area contributed by atoms with E-state index in [1.54, 1.807) is 14.0 Å². The number of nitrogens with one attached hydrogen (secondary N) is 1. The van der Waals surface area contributed by atoms with Crippen molar-refractivity contribution in [3.63, 3.8) is 0 Å². The smallest absolute Gasteiger partial charge is 0.317 e. The number of anilines is 1. The van der Waals surface area contributed by atoms with Crippen molar-refractivity contribution in [2.45, 2.75) is 25.6 Å². The molecular weight excluding hydrogens is 456 g/mol. The highest BCUT2D eigenvalue weighted by Crippen LogP contribution is 2.52. The summed E-state index contributed by atoms with van der Waals surface area (Å²) < 4.78 is 18.4. The molecule has 2 bridgehead atoms. The number of hydrogen-bond acceptors (Lipinski definition) is 5. The van der Waals surface area contributed by atoms with Crippen LogP contribution in [0.1, 0.15) is 25.5 Å². The first kappa shape index (κ1) is 20.0. The number of thiocarbonyl (C=S) groups is 1. The number of esters is 1. The lowest BCUT2D eigenvalue weighted by Crippen LogP contribution is -2.71. The van der Waals surface area contributed by atoms with Gasteiger partial charge in [0, 0.05) is 15.7 Å². The van der Waals surface area contributed by atoms with E-state index in [1.165, 1.54) is 0 Å². The van der Waals surface area contributed by atoms with Gasteiger partial charge in [0.15, 0.2) is 16.6 Å². The number of carbonyl (C=O) groups excluding carboxylic acids is 1. The lowest BCUT2D eigenvalue weighted by atomic mass is 9.79. The third kappa shape index (κ3) is 3.14. The van der Waals surface area contributed by atoms with Crippen LogP contribution in [0.5, 0.6) is 11.5 Å². The van der Waals surface area contributed by atoms with Gasteiger partial charge >= 0.3 is 5.97 Å². The lowest BCUT2D eigenvalue weighted by Gasteiger charge is -2.55. The number of para-hydroxylation sites is 1. The zero-order valence-corrected chi connectivity index (χ0v) is 18.7. The van der Waals surface area contributed by atoms with Gasteiger partial charge in [-0.3, -0.25) is 9.69 Å². The van der Waals surface area contributed by atoms with E-state index in [-0.39, 0.29) is 12.6 Å². The molecule has 1 N–H and O–H groups in total. The molecule has 29 heavy (non-hydrogen) atoms. The number of benzene rings is 2. The molecule has 8 heteroatoms. The van der Waals surface area contributed by atoms with Crippen LogP contribution >= 0.6 is 28.1 Å². The Balaban J connectivity index is 1.91. The molecule has 2 aromatic carbocycles. The number of ether oxygens (including phenoxy) is 3. The number of carbonyl (C=O) groups is 1. The van der Waals surface area contributed by atoms with Crippen molar-refractivity contribution in [1.82, 2.24) is 5.32 Å². The fourth-order valence-corrected chi connectivity index (χ4v) is 4.78. The first-order valence-corrected chi connectivity index (χ1v) is 10.5. The summed E-state index contributed by atoms with van der Waals surface area (Å²) in [5.74, 6) is 0.217. The molecule has 0 unspecified atom stereocenters. The second-order valence-electron chi connectivity index (χ2n) is 7.00. The summed E-state index contributed by atoms with van der Waals surface area (Å²) in [4.78, 5) is 14.9. The summed E-state index contributed by atoms with van der Waals surface area (Å²) >= 11 is 9.16. The van der Waals surface area contributed by atoms with Crippen molar-refractivity contribution in [3.05, 3.63) is 52.5 Å². The molecule has 2 aliphatic heterocycles. The molecule has 0 aliphatic carbocycles. The fraction of sp³-hybridized carbons (Fsp3) is 0.333. The van der Waals surface area contributed by atoms with Crippen LogP contribution in [0.2, 0.25) is 0 Å². The molecule has 3 atom stereocenters. The molecular formula is C21H21BrN2O4S. The van der Waals surface area contributed by atoms with Crippen molar-refractivity contribution in [2.75, 3.05) is 18.6 Å². The molecule has 2 aromatic rings. The average Bonchev–Trinajstić information content (AvgIpc) is 2.68. The highest BCUT2D eigenvalue weighted by atomic mass is 79.9. The molecule has 152 valence electrons. The largest absolute Gasteiger partial charge is 0.493 e. The molecule has 4 rings (SSSR count). The van der Waals surface area contributed by atoms with E-state index in [9.17, 15) is 4.79 Å². The highest BCUT2D eigenvalue weighted by Gasteiger charge is 2.60. The number of fused-ring (bicyclic) bond motifs is 4. The lowest BCUT2D eigenvalue weighted by molar-refractivity contribution is -0.159. The van der Waals surface area contributed by atoms with Crippen molar-refractivity contribution in [1.29, 1.82) is 0 Å². The summed E-state index contributed by atoms with van der Waals surface area (Å²) in [6, 6.07) is 12.9. The Morgan fingerprint density at radius 3 is 2.69 bits per heavy atom. The zero-order chi connectivity index (χ0) is 20.8. The monoisotopic (exact) mass is 476 g/mol. The maximum atomic E-state index is 13.1. The second kappa shape index (κ2) is 7.50. The van der Waals surface area contributed by atoms with E-state index in [1.807, 2.05) is 54.3 Å². The highest BCUT2D eigenvalue weighted by molar-refractivity contribution is 9.10. The SMILES string of the molecule is CCOC(=O)[C@H]1[C@H]2NC(=S)N(c3ccc(Br)cc3)[C@@]1(C)Oc1c(OC)cccc12. The van der Waals surface area contributed by atoms with Gasteiger partial charge in [-0.05, 0) is 56.4 Å². The first-order valence-electron chi connectivity index (χ1n) is 9.29. The van der Waals surface area contributed by atoms with Gasteiger partial charge in [0.25, 0.3) is 0 Å². The van der Waals surface area contributed by atoms with Crippen LogP contribution in [0.4, 0.5) is 5.69 Å². The molecule has 0 aromatic heterocycles. The topological polar surface area (TPSA) is 60.0 Å². The van der Waals surface area contributed by atoms with Gasteiger partial charge in [-0.1, -0.05) is 28.1 Å². The summed E-state index contributed by atoms with van der Waals surface area (Å²) in [5.41, 5.74) is 0.520. The number of hydrogen-bond donors (Lipinski definition) is 1. The van der Waals surface area contributed by atoms with Gasteiger partial charge in [0.05, 0.1) is 19.8 Å². The van der Waals surface area contributed by atoms with Crippen LogP contribution in [0.15, 0.2) is 46.9 Å². The van der Waals surface area contributed by atoms with Crippen molar-refractivity contribution in [3.8, 4) is 11.5 Å². The Bertz CT molecular complexity index is 968. The molecule has 0 spiro atoms. The van der Waals surface area contributed by atoms with Crippen LogP contribution in [0.3, 0.4) is 0 Å². The minimum Gasteiger partial charge on any atom is -0.493 e. The van der Waals surface area contributed by atoms with Gasteiger partial charge in [-0.15, -0.1) is 0 Å². The predicted molar refractivity (Wildman–Crippen MR) is 117 cm³/mol. The normalized spacial score (nSPS) is 24.8. The predicted octanol–water partition coefficient (Wildman–Crippen LogP) is 4.18. The molecule has 0 saturated carbocycles. The van der Waals surface area contributed by atoms with E-state index in [0.29, 0.717) is 16.6 Å². The third-order valence-corrected chi connectivity index (χ3v) is 6.16. The van der Waals surface area contributed by atoms with Gasteiger partial charge in [0.1, 0.15) is 5.92 Å². The molecule has 2 aliphatic rings. The number of rotatable bonds is 4. The summed E-state index contributed by atoms with van der Waals surface area (Å²) in [6.45, 7) is 3.94.